The quantitative estimate of drug-likeness (QED) is 0.684. The molecule has 2 heterocycles. The van der Waals surface area contributed by atoms with Crippen molar-refractivity contribution in [1.82, 2.24) is 14.9 Å². The molecule has 1 aromatic heterocycles. The van der Waals surface area contributed by atoms with E-state index in [9.17, 15) is 18.0 Å². The van der Waals surface area contributed by atoms with E-state index in [-0.39, 0.29) is 29.8 Å². The van der Waals surface area contributed by atoms with Crippen LogP contribution in [-0.4, -0.2) is 67.3 Å². The van der Waals surface area contributed by atoms with Crippen LogP contribution in [0, 0.1) is 5.82 Å². The topological polar surface area (TPSA) is 79.8 Å². The van der Waals surface area contributed by atoms with Crippen LogP contribution in [0.3, 0.4) is 0 Å². The highest BCUT2D eigenvalue weighted by Crippen LogP contribution is 2.36. The maximum Gasteiger partial charge on any atom is 0.321 e. The summed E-state index contributed by atoms with van der Waals surface area (Å²) in [5.41, 5.74) is 0.258. The molecule has 11 heteroatoms. The van der Waals surface area contributed by atoms with Crippen LogP contribution in [-0.2, 0) is 4.74 Å². The second-order valence-corrected chi connectivity index (χ2v) is 6.28. The Bertz CT molecular complexity index is 894. The zero-order valence-electron chi connectivity index (χ0n) is 16.6. The standard InChI is InChI=1S/C19H22F3N5O3/c1-3-30-15-10-12(17(28)26-6-8-29-9-7-26)4-5-14(15)27(18(21)22)19-24-11-13(20)16(23-2)25-19/h4-5,10-11,18H,3,6-9H2,1-2H3,(H,23,24,25). The van der Waals surface area contributed by atoms with Gasteiger partial charge >= 0.3 is 6.55 Å². The molecule has 1 aliphatic rings. The van der Waals surface area contributed by atoms with Crippen molar-refractivity contribution >= 4 is 23.4 Å². The molecule has 162 valence electrons. The number of amides is 1. The van der Waals surface area contributed by atoms with Crippen molar-refractivity contribution in [2.75, 3.05) is 50.2 Å². The summed E-state index contributed by atoms with van der Waals surface area (Å²) in [6.45, 7) is 0.619. The van der Waals surface area contributed by atoms with Gasteiger partial charge in [-0.05, 0) is 25.1 Å². The van der Waals surface area contributed by atoms with Gasteiger partial charge in [0, 0.05) is 25.7 Å². The van der Waals surface area contributed by atoms with E-state index in [1.54, 1.807) is 11.8 Å². The maximum absolute atomic E-state index is 14.0. The van der Waals surface area contributed by atoms with E-state index < -0.39 is 18.3 Å². The van der Waals surface area contributed by atoms with E-state index in [1.807, 2.05) is 0 Å². The van der Waals surface area contributed by atoms with Gasteiger partial charge in [-0.15, -0.1) is 0 Å². The molecule has 0 unspecified atom stereocenters. The molecule has 1 aliphatic heterocycles. The van der Waals surface area contributed by atoms with Gasteiger partial charge in [-0.3, -0.25) is 4.79 Å². The molecule has 1 fully saturated rings. The molecule has 8 nitrogen and oxygen atoms in total. The Hall–Kier alpha value is -3.08. The first-order valence-corrected chi connectivity index (χ1v) is 9.37. The number of nitrogens with zero attached hydrogens (tertiary/aromatic N) is 4. The predicted molar refractivity (Wildman–Crippen MR) is 104 cm³/mol. The highest BCUT2D eigenvalue weighted by molar-refractivity contribution is 5.95. The molecule has 0 radical (unpaired) electrons. The lowest BCUT2D eigenvalue weighted by molar-refractivity contribution is 0.0302. The van der Waals surface area contributed by atoms with Gasteiger partial charge in [0.05, 0.1) is 31.7 Å². The van der Waals surface area contributed by atoms with Crippen LogP contribution in [0.4, 0.5) is 30.6 Å². The monoisotopic (exact) mass is 425 g/mol. The number of nitrogens with one attached hydrogen (secondary N) is 1. The zero-order chi connectivity index (χ0) is 21.7. The molecule has 0 saturated carbocycles. The average Bonchev–Trinajstić information content (AvgIpc) is 2.76. The summed E-state index contributed by atoms with van der Waals surface area (Å²) in [5.74, 6) is -1.58. The number of hydrogen-bond donors (Lipinski definition) is 1. The third-order valence-electron chi connectivity index (χ3n) is 4.44. The Labute approximate surface area is 171 Å². The van der Waals surface area contributed by atoms with E-state index >= 15 is 0 Å². The number of halogens is 3. The van der Waals surface area contributed by atoms with Crippen molar-refractivity contribution in [3.8, 4) is 5.75 Å². The first kappa shape index (κ1) is 21.6. The fourth-order valence-electron chi connectivity index (χ4n) is 3.02. The molecule has 0 aliphatic carbocycles. The highest BCUT2D eigenvalue weighted by Gasteiger charge is 2.28. The molecule has 3 rings (SSSR count). The van der Waals surface area contributed by atoms with Gasteiger partial charge in [0.2, 0.25) is 5.95 Å². The van der Waals surface area contributed by atoms with Crippen molar-refractivity contribution in [1.29, 1.82) is 0 Å². The van der Waals surface area contributed by atoms with Crippen molar-refractivity contribution in [3.05, 3.63) is 35.8 Å². The summed E-state index contributed by atoms with van der Waals surface area (Å²) in [6, 6.07) is 4.19. The summed E-state index contributed by atoms with van der Waals surface area (Å²) in [4.78, 5) is 22.4. The molecule has 1 amide bonds. The van der Waals surface area contributed by atoms with Crippen LogP contribution in [0.5, 0.6) is 5.75 Å². The Morgan fingerprint density at radius 1 is 1.37 bits per heavy atom. The SMILES string of the molecule is CCOc1cc(C(=O)N2CCOCC2)ccc1N(c1ncc(F)c(NC)n1)C(F)F. The number of ether oxygens (including phenoxy) is 2. The molecule has 0 bridgehead atoms. The summed E-state index contributed by atoms with van der Waals surface area (Å²) >= 11 is 0. The lowest BCUT2D eigenvalue weighted by Crippen LogP contribution is -2.40. The third kappa shape index (κ3) is 4.56. The fraction of sp³-hybridized carbons (Fsp3) is 0.421. The molecule has 30 heavy (non-hydrogen) atoms. The molecular formula is C19H22F3N5O3. The van der Waals surface area contributed by atoms with Crippen LogP contribution in [0.25, 0.3) is 0 Å². The molecular weight excluding hydrogens is 403 g/mol. The first-order chi connectivity index (χ1) is 14.5. The number of anilines is 3. The summed E-state index contributed by atoms with van der Waals surface area (Å²) in [5, 5.41) is 2.49. The van der Waals surface area contributed by atoms with E-state index in [2.05, 4.69) is 15.3 Å². The number of morpholine rings is 1. The molecule has 2 aromatic rings. The number of benzene rings is 1. The van der Waals surface area contributed by atoms with Crippen LogP contribution >= 0.6 is 0 Å². The molecule has 1 saturated heterocycles. The van der Waals surface area contributed by atoms with Gasteiger partial charge in [0.25, 0.3) is 5.91 Å². The van der Waals surface area contributed by atoms with Crippen LogP contribution in [0.1, 0.15) is 17.3 Å². The minimum absolute atomic E-state index is 0.0426. The highest BCUT2D eigenvalue weighted by atomic mass is 19.3. The van der Waals surface area contributed by atoms with Gasteiger partial charge in [-0.25, -0.2) is 14.3 Å². The maximum atomic E-state index is 14.0. The van der Waals surface area contributed by atoms with E-state index in [1.165, 1.54) is 25.2 Å². The van der Waals surface area contributed by atoms with E-state index in [4.69, 9.17) is 9.47 Å². The van der Waals surface area contributed by atoms with Gasteiger partial charge in [-0.2, -0.15) is 13.8 Å². The van der Waals surface area contributed by atoms with Gasteiger partial charge in [0.1, 0.15) is 5.75 Å². The average molecular weight is 425 g/mol. The second-order valence-electron chi connectivity index (χ2n) is 6.28. The van der Waals surface area contributed by atoms with Crippen LogP contribution in [0.15, 0.2) is 24.4 Å². The number of rotatable bonds is 7. The molecule has 1 N–H and O–H groups in total. The van der Waals surface area contributed by atoms with Gasteiger partial charge in [0.15, 0.2) is 11.6 Å². The zero-order valence-corrected chi connectivity index (χ0v) is 16.6. The number of carbonyl (C=O) groups excluding carboxylic acids is 1. The van der Waals surface area contributed by atoms with Crippen molar-refractivity contribution in [3.63, 3.8) is 0 Å². The number of hydrogen-bond acceptors (Lipinski definition) is 7. The number of carbonyl (C=O) groups is 1. The summed E-state index contributed by atoms with van der Waals surface area (Å²) in [7, 11) is 1.42. The smallest absolute Gasteiger partial charge is 0.321 e. The molecule has 1 aromatic carbocycles. The molecule has 0 spiro atoms. The van der Waals surface area contributed by atoms with Crippen LogP contribution in [0.2, 0.25) is 0 Å². The van der Waals surface area contributed by atoms with Crippen molar-refractivity contribution in [2.45, 2.75) is 13.5 Å². The summed E-state index contributed by atoms with van der Waals surface area (Å²) in [6.07, 6.45) is 0.806. The lowest BCUT2D eigenvalue weighted by atomic mass is 10.1. The van der Waals surface area contributed by atoms with Gasteiger partial charge < -0.3 is 19.7 Å². The second kappa shape index (κ2) is 9.61. The van der Waals surface area contributed by atoms with E-state index in [0.29, 0.717) is 36.8 Å². The fourth-order valence-corrected chi connectivity index (χ4v) is 3.02. The predicted octanol–water partition coefficient (Wildman–Crippen LogP) is 2.89. The first-order valence-electron chi connectivity index (χ1n) is 9.37. The minimum atomic E-state index is -3.04. The summed E-state index contributed by atoms with van der Waals surface area (Å²) < 4.78 is 52.4. The Balaban J connectivity index is 2.00. The van der Waals surface area contributed by atoms with Crippen LogP contribution < -0.4 is 15.0 Å². The van der Waals surface area contributed by atoms with Crippen molar-refractivity contribution < 1.29 is 27.4 Å². The largest absolute Gasteiger partial charge is 0.492 e. The lowest BCUT2D eigenvalue weighted by Gasteiger charge is -2.28. The number of aromatic nitrogens is 2. The Kier molecular flexibility index (Phi) is 6.93. The minimum Gasteiger partial charge on any atom is -0.492 e. The normalized spacial score (nSPS) is 14.0. The molecule has 0 atom stereocenters. The number of alkyl halides is 2. The Morgan fingerprint density at radius 3 is 2.73 bits per heavy atom. The van der Waals surface area contributed by atoms with E-state index in [0.717, 1.165) is 6.20 Å². The van der Waals surface area contributed by atoms with Gasteiger partial charge in [-0.1, -0.05) is 0 Å². The van der Waals surface area contributed by atoms with Crippen molar-refractivity contribution in [2.24, 2.45) is 0 Å². The Morgan fingerprint density at radius 2 is 2.10 bits per heavy atom. The third-order valence-corrected chi connectivity index (χ3v) is 4.44.